The summed E-state index contributed by atoms with van der Waals surface area (Å²) in [4.78, 5) is 16.8. The van der Waals surface area contributed by atoms with Gasteiger partial charge in [-0.3, -0.25) is 9.69 Å². The SMILES string of the molecule is CN(CCN1CCNCC1)C(=O)C1COc2ccccc21. The van der Waals surface area contributed by atoms with Gasteiger partial charge in [-0.15, -0.1) is 0 Å². The maximum Gasteiger partial charge on any atom is 0.233 e. The number of amides is 1. The normalized spacial score (nSPS) is 21.7. The first-order valence-corrected chi connectivity index (χ1v) is 7.65. The van der Waals surface area contributed by atoms with Gasteiger partial charge in [-0.1, -0.05) is 18.2 Å². The number of hydrogen-bond donors (Lipinski definition) is 1. The second-order valence-corrected chi connectivity index (χ2v) is 5.75. The first-order valence-electron chi connectivity index (χ1n) is 7.65. The van der Waals surface area contributed by atoms with Gasteiger partial charge in [-0.05, 0) is 6.07 Å². The highest BCUT2D eigenvalue weighted by atomic mass is 16.5. The van der Waals surface area contributed by atoms with E-state index in [-0.39, 0.29) is 11.8 Å². The van der Waals surface area contributed by atoms with Crippen molar-refractivity contribution in [2.75, 3.05) is 52.9 Å². The van der Waals surface area contributed by atoms with Crippen LogP contribution in [0.15, 0.2) is 24.3 Å². The Morgan fingerprint density at radius 1 is 1.38 bits per heavy atom. The van der Waals surface area contributed by atoms with E-state index in [4.69, 9.17) is 4.74 Å². The first kappa shape index (κ1) is 14.4. The number of nitrogens with zero attached hydrogens (tertiary/aromatic N) is 2. The Hall–Kier alpha value is -1.59. The number of carbonyl (C=O) groups is 1. The number of ether oxygens (including phenoxy) is 1. The highest BCUT2D eigenvalue weighted by Crippen LogP contribution is 2.34. The lowest BCUT2D eigenvalue weighted by Crippen LogP contribution is -2.47. The highest BCUT2D eigenvalue weighted by Gasteiger charge is 2.32. The summed E-state index contributed by atoms with van der Waals surface area (Å²) < 4.78 is 5.61. The lowest BCUT2D eigenvalue weighted by atomic mass is 10.00. The van der Waals surface area contributed by atoms with Crippen LogP contribution >= 0.6 is 0 Å². The fourth-order valence-corrected chi connectivity index (χ4v) is 2.97. The van der Waals surface area contributed by atoms with Gasteiger partial charge in [0.1, 0.15) is 18.3 Å². The molecular weight excluding hydrogens is 266 g/mol. The zero-order chi connectivity index (χ0) is 14.7. The second-order valence-electron chi connectivity index (χ2n) is 5.75. The fraction of sp³-hybridized carbons (Fsp3) is 0.562. The van der Waals surface area contributed by atoms with E-state index in [2.05, 4.69) is 10.2 Å². The van der Waals surface area contributed by atoms with E-state index in [1.807, 2.05) is 36.2 Å². The standard InChI is InChI=1S/C16H23N3O2/c1-18(10-11-19-8-6-17-7-9-19)16(20)14-12-21-15-5-3-2-4-13(14)15/h2-5,14,17H,6-12H2,1H3. The maximum atomic E-state index is 12.6. The molecule has 1 saturated heterocycles. The molecule has 1 N–H and O–H groups in total. The average Bonchev–Trinajstić information content (AvgIpc) is 2.97. The predicted molar refractivity (Wildman–Crippen MR) is 81.6 cm³/mol. The molecule has 1 aromatic rings. The monoisotopic (exact) mass is 289 g/mol. The minimum absolute atomic E-state index is 0.144. The van der Waals surface area contributed by atoms with Gasteiger partial charge in [0.15, 0.2) is 0 Å². The summed E-state index contributed by atoms with van der Waals surface area (Å²) in [6, 6.07) is 7.84. The third-order valence-electron chi connectivity index (χ3n) is 4.34. The fourth-order valence-electron chi connectivity index (χ4n) is 2.97. The van der Waals surface area contributed by atoms with Crippen LogP contribution in [0.25, 0.3) is 0 Å². The summed E-state index contributed by atoms with van der Waals surface area (Å²) >= 11 is 0. The van der Waals surface area contributed by atoms with Crippen LogP contribution in [0.1, 0.15) is 11.5 Å². The molecule has 1 amide bonds. The molecule has 5 heteroatoms. The summed E-state index contributed by atoms with van der Waals surface area (Å²) in [7, 11) is 1.89. The second kappa shape index (κ2) is 6.45. The number of fused-ring (bicyclic) bond motifs is 1. The molecule has 1 atom stereocenters. The van der Waals surface area contributed by atoms with E-state index in [0.29, 0.717) is 6.61 Å². The molecule has 5 nitrogen and oxygen atoms in total. The van der Waals surface area contributed by atoms with E-state index < -0.39 is 0 Å². The Morgan fingerprint density at radius 3 is 2.95 bits per heavy atom. The van der Waals surface area contributed by atoms with Crippen molar-refractivity contribution in [3.8, 4) is 5.75 Å². The van der Waals surface area contributed by atoms with Crippen molar-refractivity contribution < 1.29 is 9.53 Å². The Kier molecular flexibility index (Phi) is 4.41. The minimum Gasteiger partial charge on any atom is -0.492 e. The predicted octanol–water partition coefficient (Wildman–Crippen LogP) is 0.526. The van der Waals surface area contributed by atoms with E-state index in [0.717, 1.165) is 50.6 Å². The minimum atomic E-state index is -0.144. The molecule has 0 saturated carbocycles. The van der Waals surface area contributed by atoms with Crippen LogP contribution in [0.5, 0.6) is 5.75 Å². The van der Waals surface area contributed by atoms with Gasteiger partial charge in [0, 0.05) is 51.9 Å². The van der Waals surface area contributed by atoms with Gasteiger partial charge in [0.2, 0.25) is 5.91 Å². The van der Waals surface area contributed by atoms with Crippen LogP contribution < -0.4 is 10.1 Å². The first-order chi connectivity index (χ1) is 10.3. The topological polar surface area (TPSA) is 44.8 Å². The average molecular weight is 289 g/mol. The van der Waals surface area contributed by atoms with Crippen LogP contribution in [0.2, 0.25) is 0 Å². The van der Waals surface area contributed by atoms with Crippen molar-refractivity contribution >= 4 is 5.91 Å². The van der Waals surface area contributed by atoms with Gasteiger partial charge >= 0.3 is 0 Å². The molecule has 0 radical (unpaired) electrons. The van der Waals surface area contributed by atoms with Crippen LogP contribution in [0, 0.1) is 0 Å². The molecule has 21 heavy (non-hydrogen) atoms. The molecule has 2 heterocycles. The molecular formula is C16H23N3O2. The number of piperazine rings is 1. The van der Waals surface area contributed by atoms with Crippen molar-refractivity contribution in [2.45, 2.75) is 5.92 Å². The van der Waals surface area contributed by atoms with E-state index in [9.17, 15) is 4.79 Å². The molecule has 2 aliphatic rings. The molecule has 0 bridgehead atoms. The summed E-state index contributed by atoms with van der Waals surface area (Å²) in [5.74, 6) is 0.871. The summed E-state index contributed by atoms with van der Waals surface area (Å²) in [6.45, 7) is 6.41. The molecule has 1 unspecified atom stereocenters. The zero-order valence-corrected chi connectivity index (χ0v) is 12.5. The van der Waals surface area contributed by atoms with Crippen molar-refractivity contribution in [2.24, 2.45) is 0 Å². The maximum absolute atomic E-state index is 12.6. The number of benzene rings is 1. The van der Waals surface area contributed by atoms with Crippen LogP contribution in [-0.4, -0.2) is 68.6 Å². The lowest BCUT2D eigenvalue weighted by molar-refractivity contribution is -0.131. The lowest BCUT2D eigenvalue weighted by Gasteiger charge is -2.29. The molecule has 3 rings (SSSR count). The molecule has 114 valence electrons. The van der Waals surface area contributed by atoms with Crippen molar-refractivity contribution in [3.05, 3.63) is 29.8 Å². The molecule has 1 fully saturated rings. The van der Waals surface area contributed by atoms with Crippen LogP contribution in [0.4, 0.5) is 0 Å². The quantitative estimate of drug-likeness (QED) is 0.878. The van der Waals surface area contributed by atoms with E-state index in [1.54, 1.807) is 0 Å². The third-order valence-corrected chi connectivity index (χ3v) is 4.34. The number of nitrogens with one attached hydrogen (secondary N) is 1. The number of carbonyl (C=O) groups excluding carboxylic acids is 1. The van der Waals surface area contributed by atoms with Gasteiger partial charge in [0.05, 0.1) is 0 Å². The molecule has 0 spiro atoms. The van der Waals surface area contributed by atoms with E-state index in [1.165, 1.54) is 0 Å². The smallest absolute Gasteiger partial charge is 0.233 e. The van der Waals surface area contributed by atoms with Gasteiger partial charge in [-0.2, -0.15) is 0 Å². The molecule has 2 aliphatic heterocycles. The largest absolute Gasteiger partial charge is 0.492 e. The summed E-state index contributed by atoms with van der Waals surface area (Å²) in [5.41, 5.74) is 1.02. The summed E-state index contributed by atoms with van der Waals surface area (Å²) in [6.07, 6.45) is 0. The Morgan fingerprint density at radius 2 is 2.14 bits per heavy atom. The summed E-state index contributed by atoms with van der Waals surface area (Å²) in [5, 5.41) is 3.34. The molecule has 1 aromatic carbocycles. The van der Waals surface area contributed by atoms with Crippen molar-refractivity contribution in [3.63, 3.8) is 0 Å². The van der Waals surface area contributed by atoms with Crippen LogP contribution in [0.3, 0.4) is 0 Å². The molecule has 0 aromatic heterocycles. The van der Waals surface area contributed by atoms with Gasteiger partial charge in [0.25, 0.3) is 0 Å². The van der Waals surface area contributed by atoms with Gasteiger partial charge < -0.3 is 15.0 Å². The third kappa shape index (κ3) is 3.19. The highest BCUT2D eigenvalue weighted by molar-refractivity contribution is 5.85. The Bertz CT molecular complexity index is 500. The number of hydrogen-bond acceptors (Lipinski definition) is 4. The Balaban J connectivity index is 1.55. The number of para-hydroxylation sites is 1. The number of likely N-dealkylation sites (N-methyl/N-ethyl adjacent to an activating group) is 1. The molecule has 0 aliphatic carbocycles. The van der Waals surface area contributed by atoms with Crippen molar-refractivity contribution in [1.82, 2.24) is 15.1 Å². The van der Waals surface area contributed by atoms with E-state index >= 15 is 0 Å². The zero-order valence-electron chi connectivity index (χ0n) is 12.5. The van der Waals surface area contributed by atoms with Gasteiger partial charge in [-0.25, -0.2) is 0 Å². The Labute approximate surface area is 125 Å². The number of rotatable bonds is 4. The van der Waals surface area contributed by atoms with Crippen LogP contribution in [-0.2, 0) is 4.79 Å². The van der Waals surface area contributed by atoms with Crippen molar-refractivity contribution in [1.29, 1.82) is 0 Å².